The molecule has 3 rings (SSSR count). The molecule has 2 heterocycles. The van der Waals surface area contributed by atoms with E-state index in [0.717, 1.165) is 0 Å². The van der Waals surface area contributed by atoms with Crippen LogP contribution in [0.2, 0.25) is 0 Å². The average molecular weight is 322 g/mol. The number of hydrogen-bond donors (Lipinski definition) is 3. The molecule has 3 aromatic rings. The molecule has 0 saturated heterocycles. The predicted octanol–water partition coefficient (Wildman–Crippen LogP) is 4.04. The topological polar surface area (TPSA) is 73.8 Å². The number of anilines is 2. The summed E-state index contributed by atoms with van der Waals surface area (Å²) in [4.78, 5) is 9.94. The molecule has 0 aliphatic rings. The van der Waals surface area contributed by atoms with E-state index in [4.69, 9.17) is 0 Å². The quantitative estimate of drug-likeness (QED) is 0.623. The van der Waals surface area contributed by atoms with Crippen molar-refractivity contribution in [2.45, 2.75) is 20.0 Å². The normalized spacial score (nSPS) is 11.9. The van der Waals surface area contributed by atoms with Crippen molar-refractivity contribution in [3.8, 4) is 5.75 Å². The van der Waals surface area contributed by atoms with Gasteiger partial charge in [-0.2, -0.15) is 13.2 Å². The summed E-state index contributed by atoms with van der Waals surface area (Å²) in [5.74, 6) is -1.08. The van der Waals surface area contributed by atoms with E-state index in [9.17, 15) is 18.3 Å². The minimum Gasteiger partial charge on any atom is -0.508 e. The molecule has 5 nitrogen and oxygen atoms in total. The van der Waals surface area contributed by atoms with Crippen LogP contribution in [0.15, 0.2) is 24.3 Å². The van der Waals surface area contributed by atoms with Crippen molar-refractivity contribution in [3.63, 3.8) is 0 Å². The predicted molar refractivity (Wildman–Crippen MR) is 79.8 cm³/mol. The Morgan fingerprint density at radius 1 is 1.13 bits per heavy atom. The van der Waals surface area contributed by atoms with Crippen molar-refractivity contribution in [2.24, 2.45) is 0 Å². The first-order valence-electron chi connectivity index (χ1n) is 6.75. The molecule has 8 heteroatoms. The third-order valence-electron chi connectivity index (χ3n) is 3.34. The molecule has 0 radical (unpaired) electrons. The Balaban J connectivity index is 2.15. The Bertz CT molecular complexity index is 886. The van der Waals surface area contributed by atoms with Gasteiger partial charge in [-0.1, -0.05) is 0 Å². The lowest BCUT2D eigenvalue weighted by Crippen LogP contribution is -2.12. The van der Waals surface area contributed by atoms with Crippen molar-refractivity contribution in [2.75, 3.05) is 5.32 Å². The highest BCUT2D eigenvalue weighted by Crippen LogP contribution is 2.32. The molecule has 2 aromatic heterocycles. The maximum absolute atomic E-state index is 13.0. The summed E-state index contributed by atoms with van der Waals surface area (Å²) in [7, 11) is 0. The minimum atomic E-state index is -4.65. The van der Waals surface area contributed by atoms with Crippen molar-refractivity contribution in [1.29, 1.82) is 0 Å². The molecule has 0 amide bonds. The van der Waals surface area contributed by atoms with Crippen LogP contribution in [-0.2, 0) is 6.18 Å². The van der Waals surface area contributed by atoms with Gasteiger partial charge >= 0.3 is 6.18 Å². The lowest BCUT2D eigenvalue weighted by atomic mass is 10.2. The number of fused-ring (bicyclic) bond motifs is 1. The molecule has 0 spiro atoms. The number of hydrogen-bond acceptors (Lipinski definition) is 4. The third-order valence-corrected chi connectivity index (χ3v) is 3.34. The smallest absolute Gasteiger partial charge is 0.451 e. The number of rotatable bonds is 2. The van der Waals surface area contributed by atoms with Gasteiger partial charge in [0.15, 0.2) is 0 Å². The zero-order valence-electron chi connectivity index (χ0n) is 12.3. The first kappa shape index (κ1) is 15.1. The van der Waals surface area contributed by atoms with Crippen LogP contribution in [0.5, 0.6) is 5.75 Å². The summed E-state index contributed by atoms with van der Waals surface area (Å²) in [5, 5.41) is 12.8. The number of aromatic amines is 1. The van der Waals surface area contributed by atoms with E-state index in [2.05, 4.69) is 20.3 Å². The summed E-state index contributed by atoms with van der Waals surface area (Å²) < 4.78 is 38.9. The second-order valence-corrected chi connectivity index (χ2v) is 5.23. The zero-order valence-corrected chi connectivity index (χ0v) is 12.3. The van der Waals surface area contributed by atoms with Crippen LogP contribution in [0.3, 0.4) is 0 Å². The number of H-pyrrole nitrogens is 1. The first-order valence-corrected chi connectivity index (χ1v) is 6.75. The monoisotopic (exact) mass is 322 g/mol. The number of halogens is 3. The summed E-state index contributed by atoms with van der Waals surface area (Å²) in [6.07, 6.45) is -4.65. The molecule has 0 aliphatic carbocycles. The Hall–Kier alpha value is -2.77. The number of nitrogens with one attached hydrogen (secondary N) is 2. The highest BCUT2D eigenvalue weighted by Gasteiger charge is 2.36. The van der Waals surface area contributed by atoms with Gasteiger partial charge in [0, 0.05) is 11.4 Å². The Labute approximate surface area is 129 Å². The molecule has 0 saturated carbocycles. The summed E-state index contributed by atoms with van der Waals surface area (Å²) in [5.41, 5.74) is 2.02. The van der Waals surface area contributed by atoms with Crippen LogP contribution in [0.25, 0.3) is 11.0 Å². The summed E-state index contributed by atoms with van der Waals surface area (Å²) in [6.45, 7) is 3.46. The SMILES string of the molecule is Cc1cc2c(Nc3ccc(O)cc3C)nc(C(F)(F)F)nc2[nH]1. The Morgan fingerprint density at radius 2 is 1.87 bits per heavy atom. The van der Waals surface area contributed by atoms with Crippen LogP contribution in [-0.4, -0.2) is 20.1 Å². The molecule has 120 valence electrons. The van der Waals surface area contributed by atoms with Gasteiger partial charge in [0.2, 0.25) is 5.82 Å². The minimum absolute atomic E-state index is 0.0560. The number of phenolic OH excluding ortho intramolecular Hbond substituents is 1. The fraction of sp³-hybridized carbons (Fsp3) is 0.200. The van der Waals surface area contributed by atoms with Crippen LogP contribution in [0, 0.1) is 13.8 Å². The molecular formula is C15H13F3N4O. The zero-order chi connectivity index (χ0) is 16.8. The lowest BCUT2D eigenvalue weighted by molar-refractivity contribution is -0.144. The molecule has 0 bridgehead atoms. The van der Waals surface area contributed by atoms with Gasteiger partial charge in [0.25, 0.3) is 0 Å². The van der Waals surface area contributed by atoms with Crippen molar-refractivity contribution < 1.29 is 18.3 Å². The molecule has 23 heavy (non-hydrogen) atoms. The van der Waals surface area contributed by atoms with Crippen LogP contribution in [0.1, 0.15) is 17.1 Å². The van der Waals surface area contributed by atoms with Gasteiger partial charge in [0.05, 0.1) is 5.39 Å². The number of aromatic hydroxyl groups is 1. The Kier molecular flexibility index (Phi) is 3.39. The molecule has 3 N–H and O–H groups in total. The second kappa shape index (κ2) is 5.15. The van der Waals surface area contributed by atoms with Gasteiger partial charge in [0.1, 0.15) is 17.2 Å². The number of aryl methyl sites for hydroxylation is 2. The molecule has 0 unspecified atom stereocenters. The highest BCUT2D eigenvalue weighted by atomic mass is 19.4. The maximum atomic E-state index is 13.0. The van der Waals surface area contributed by atoms with E-state index >= 15 is 0 Å². The summed E-state index contributed by atoms with van der Waals surface area (Å²) in [6, 6.07) is 6.20. The van der Waals surface area contributed by atoms with Crippen LogP contribution < -0.4 is 5.32 Å². The standard InChI is InChI=1S/C15H13F3N4O/c1-7-5-9(23)3-4-11(7)20-13-10-6-8(2)19-12(10)21-14(22-13)15(16,17)18/h3-6,23H,1-2H3,(H2,19,20,21,22). The first-order chi connectivity index (χ1) is 10.7. The molecule has 0 fully saturated rings. The molecule has 0 aliphatic heterocycles. The molecule has 0 atom stereocenters. The number of aromatic nitrogens is 3. The molecular weight excluding hydrogens is 309 g/mol. The van der Waals surface area contributed by atoms with E-state index in [0.29, 0.717) is 22.3 Å². The number of phenols is 1. The van der Waals surface area contributed by atoms with Crippen LogP contribution in [0.4, 0.5) is 24.7 Å². The average Bonchev–Trinajstić information content (AvgIpc) is 2.81. The van der Waals surface area contributed by atoms with Crippen LogP contribution >= 0.6 is 0 Å². The third kappa shape index (κ3) is 2.92. The fourth-order valence-corrected chi connectivity index (χ4v) is 2.28. The second-order valence-electron chi connectivity index (χ2n) is 5.23. The van der Waals surface area contributed by atoms with Crippen molar-refractivity contribution in [3.05, 3.63) is 41.3 Å². The van der Waals surface area contributed by atoms with Gasteiger partial charge in [-0.05, 0) is 43.7 Å². The Morgan fingerprint density at radius 3 is 2.52 bits per heavy atom. The number of alkyl halides is 3. The number of nitrogens with zero attached hydrogens (tertiary/aromatic N) is 2. The van der Waals surface area contributed by atoms with Gasteiger partial charge in [-0.15, -0.1) is 0 Å². The van der Waals surface area contributed by atoms with E-state index in [-0.39, 0.29) is 17.2 Å². The van der Waals surface area contributed by atoms with E-state index in [1.54, 1.807) is 26.0 Å². The highest BCUT2D eigenvalue weighted by molar-refractivity contribution is 5.90. The van der Waals surface area contributed by atoms with Gasteiger partial charge < -0.3 is 15.4 Å². The largest absolute Gasteiger partial charge is 0.508 e. The number of benzene rings is 1. The lowest BCUT2D eigenvalue weighted by Gasteiger charge is -2.12. The fourth-order valence-electron chi connectivity index (χ4n) is 2.28. The summed E-state index contributed by atoms with van der Waals surface area (Å²) >= 11 is 0. The van der Waals surface area contributed by atoms with Crippen molar-refractivity contribution >= 4 is 22.5 Å². The molecule has 1 aromatic carbocycles. The maximum Gasteiger partial charge on any atom is 0.451 e. The van der Waals surface area contributed by atoms with E-state index < -0.39 is 12.0 Å². The van der Waals surface area contributed by atoms with Gasteiger partial charge in [-0.3, -0.25) is 0 Å². The van der Waals surface area contributed by atoms with Crippen molar-refractivity contribution in [1.82, 2.24) is 15.0 Å². The van der Waals surface area contributed by atoms with E-state index in [1.165, 1.54) is 12.1 Å². The van der Waals surface area contributed by atoms with E-state index in [1.807, 2.05) is 0 Å². The van der Waals surface area contributed by atoms with Gasteiger partial charge in [-0.25, -0.2) is 9.97 Å².